The number of aromatic nitrogens is 1. The van der Waals surface area contributed by atoms with Gasteiger partial charge in [0.25, 0.3) is 0 Å². The number of guanidine groups is 1. The van der Waals surface area contributed by atoms with Crippen LogP contribution >= 0.6 is 0 Å². The van der Waals surface area contributed by atoms with Gasteiger partial charge in [0.1, 0.15) is 0 Å². The fraction of sp³-hybridized carbons (Fsp3) is 0.700. The molecule has 0 radical (unpaired) electrons. The van der Waals surface area contributed by atoms with Gasteiger partial charge in [0.15, 0.2) is 5.96 Å². The fourth-order valence-corrected chi connectivity index (χ4v) is 3.94. The van der Waals surface area contributed by atoms with Crippen LogP contribution in [0.15, 0.2) is 23.3 Å². The molecule has 2 fully saturated rings. The summed E-state index contributed by atoms with van der Waals surface area (Å²) in [6.45, 7) is 11.9. The third kappa shape index (κ3) is 5.18. The number of pyridine rings is 1. The molecule has 3 rings (SSSR count). The number of hydrogen-bond donors (Lipinski definition) is 1. The van der Waals surface area contributed by atoms with Crippen LogP contribution in [-0.2, 0) is 6.54 Å². The van der Waals surface area contributed by atoms with E-state index in [-0.39, 0.29) is 0 Å². The topological polar surface area (TPSA) is 43.8 Å². The summed E-state index contributed by atoms with van der Waals surface area (Å²) in [5, 5.41) is 3.47. The van der Waals surface area contributed by atoms with Crippen LogP contribution in [0.25, 0.3) is 0 Å². The van der Waals surface area contributed by atoms with E-state index in [1.54, 1.807) is 0 Å². The van der Waals surface area contributed by atoms with E-state index >= 15 is 0 Å². The Morgan fingerprint density at radius 1 is 1.28 bits per heavy atom. The van der Waals surface area contributed by atoms with Gasteiger partial charge < -0.3 is 15.1 Å². The summed E-state index contributed by atoms with van der Waals surface area (Å²) >= 11 is 0. The summed E-state index contributed by atoms with van der Waals surface area (Å²) < 4.78 is 0. The molecule has 0 bridgehead atoms. The second kappa shape index (κ2) is 9.18. The van der Waals surface area contributed by atoms with Gasteiger partial charge >= 0.3 is 0 Å². The van der Waals surface area contributed by atoms with Crippen molar-refractivity contribution in [1.82, 2.24) is 20.1 Å². The number of aryl methyl sites for hydroxylation is 1. The predicted molar refractivity (Wildman–Crippen MR) is 104 cm³/mol. The molecule has 1 aromatic heterocycles. The van der Waals surface area contributed by atoms with Crippen molar-refractivity contribution in [3.8, 4) is 0 Å². The minimum atomic E-state index is 0.655. The zero-order chi connectivity index (χ0) is 17.5. The highest BCUT2D eigenvalue weighted by Crippen LogP contribution is 2.20. The predicted octanol–water partition coefficient (Wildman–Crippen LogP) is 2.66. The van der Waals surface area contributed by atoms with E-state index in [0.29, 0.717) is 6.54 Å². The molecule has 5 nitrogen and oxygen atoms in total. The van der Waals surface area contributed by atoms with Crippen LogP contribution in [0.2, 0.25) is 0 Å². The van der Waals surface area contributed by atoms with Gasteiger partial charge in [0.05, 0.1) is 12.2 Å². The van der Waals surface area contributed by atoms with Gasteiger partial charge in [-0.2, -0.15) is 0 Å². The van der Waals surface area contributed by atoms with Crippen molar-refractivity contribution in [3.63, 3.8) is 0 Å². The van der Waals surface area contributed by atoms with Crippen LogP contribution in [0, 0.1) is 12.8 Å². The number of rotatable bonds is 5. The van der Waals surface area contributed by atoms with Gasteiger partial charge in [0, 0.05) is 32.4 Å². The lowest BCUT2D eigenvalue weighted by Gasteiger charge is -2.29. The van der Waals surface area contributed by atoms with Crippen LogP contribution in [-0.4, -0.2) is 60.0 Å². The maximum Gasteiger partial charge on any atom is 0.194 e. The first-order valence-corrected chi connectivity index (χ1v) is 9.92. The van der Waals surface area contributed by atoms with Crippen molar-refractivity contribution < 1.29 is 0 Å². The molecule has 1 N–H and O–H groups in total. The molecule has 0 saturated carbocycles. The number of likely N-dealkylation sites (tertiary alicyclic amines) is 2. The van der Waals surface area contributed by atoms with Crippen molar-refractivity contribution in [1.29, 1.82) is 0 Å². The highest BCUT2D eigenvalue weighted by Gasteiger charge is 2.26. The van der Waals surface area contributed by atoms with Gasteiger partial charge in [-0.3, -0.25) is 4.98 Å². The minimum absolute atomic E-state index is 0.655. The first-order chi connectivity index (χ1) is 12.3. The van der Waals surface area contributed by atoms with Gasteiger partial charge in [-0.15, -0.1) is 0 Å². The highest BCUT2D eigenvalue weighted by molar-refractivity contribution is 5.80. The van der Waals surface area contributed by atoms with Crippen LogP contribution in [0.1, 0.15) is 43.9 Å². The molecule has 3 heterocycles. The van der Waals surface area contributed by atoms with Crippen molar-refractivity contribution >= 4 is 5.96 Å². The highest BCUT2D eigenvalue weighted by atomic mass is 15.3. The lowest BCUT2D eigenvalue weighted by atomic mass is 10.1. The number of piperidine rings is 1. The van der Waals surface area contributed by atoms with Gasteiger partial charge in [-0.1, -0.05) is 12.5 Å². The smallest absolute Gasteiger partial charge is 0.194 e. The second-order valence-corrected chi connectivity index (χ2v) is 7.40. The average Bonchev–Trinajstić information content (AvgIpc) is 3.09. The average molecular weight is 344 g/mol. The van der Waals surface area contributed by atoms with E-state index in [2.05, 4.69) is 40.0 Å². The van der Waals surface area contributed by atoms with Crippen LogP contribution < -0.4 is 5.32 Å². The number of nitrogens with zero attached hydrogens (tertiary/aromatic N) is 4. The fourth-order valence-electron chi connectivity index (χ4n) is 3.94. The first-order valence-electron chi connectivity index (χ1n) is 9.92. The van der Waals surface area contributed by atoms with Crippen molar-refractivity contribution in [2.75, 3.05) is 39.3 Å². The Morgan fingerprint density at radius 3 is 2.88 bits per heavy atom. The van der Waals surface area contributed by atoms with Crippen LogP contribution in [0.5, 0.6) is 0 Å². The molecular formula is C20H33N5. The number of hydrogen-bond acceptors (Lipinski definition) is 3. The van der Waals surface area contributed by atoms with Crippen LogP contribution in [0.3, 0.4) is 0 Å². The molecule has 25 heavy (non-hydrogen) atoms. The van der Waals surface area contributed by atoms with E-state index in [1.807, 2.05) is 12.3 Å². The Kier molecular flexibility index (Phi) is 6.68. The molecule has 0 aromatic carbocycles. The van der Waals surface area contributed by atoms with Crippen LogP contribution in [0.4, 0.5) is 0 Å². The summed E-state index contributed by atoms with van der Waals surface area (Å²) in [5.74, 6) is 1.83. The summed E-state index contributed by atoms with van der Waals surface area (Å²) in [5.41, 5.74) is 2.29. The van der Waals surface area contributed by atoms with Crippen molar-refractivity contribution in [2.24, 2.45) is 10.9 Å². The van der Waals surface area contributed by atoms with E-state index in [1.165, 1.54) is 50.9 Å². The standard InChI is InChI=1S/C20H33N5/c1-3-21-20(23-14-19-17(2)8-7-10-22-19)25-13-9-18(16-25)15-24-11-5-4-6-12-24/h7-8,10,18H,3-6,9,11-16H2,1-2H3,(H,21,23). The Balaban J connectivity index is 1.57. The zero-order valence-electron chi connectivity index (χ0n) is 15.9. The molecule has 1 aromatic rings. The quantitative estimate of drug-likeness (QED) is 0.659. The Hall–Kier alpha value is -1.62. The molecule has 5 heteroatoms. The number of nitrogens with one attached hydrogen (secondary N) is 1. The maximum atomic E-state index is 4.86. The molecule has 0 spiro atoms. The van der Waals surface area contributed by atoms with E-state index in [0.717, 1.165) is 37.2 Å². The van der Waals surface area contributed by atoms with E-state index in [4.69, 9.17) is 4.99 Å². The minimum Gasteiger partial charge on any atom is -0.357 e. The van der Waals surface area contributed by atoms with Gasteiger partial charge in [-0.25, -0.2) is 4.99 Å². The van der Waals surface area contributed by atoms with Crippen molar-refractivity contribution in [3.05, 3.63) is 29.6 Å². The molecule has 1 unspecified atom stereocenters. The Bertz CT molecular complexity index is 565. The summed E-state index contributed by atoms with van der Waals surface area (Å²) in [6.07, 6.45) is 7.31. The van der Waals surface area contributed by atoms with Gasteiger partial charge in [0.2, 0.25) is 0 Å². The SMILES string of the molecule is CCNC(=NCc1ncccc1C)N1CCC(CN2CCCCC2)C1. The largest absolute Gasteiger partial charge is 0.357 e. The maximum absolute atomic E-state index is 4.86. The molecule has 2 saturated heterocycles. The monoisotopic (exact) mass is 343 g/mol. The van der Waals surface area contributed by atoms with Gasteiger partial charge in [-0.05, 0) is 63.7 Å². The summed E-state index contributed by atoms with van der Waals surface area (Å²) in [6, 6.07) is 4.09. The molecule has 2 aliphatic heterocycles. The summed E-state index contributed by atoms with van der Waals surface area (Å²) in [4.78, 5) is 14.4. The molecule has 138 valence electrons. The molecule has 0 amide bonds. The third-order valence-electron chi connectivity index (χ3n) is 5.38. The zero-order valence-corrected chi connectivity index (χ0v) is 15.9. The lowest BCUT2D eigenvalue weighted by molar-refractivity contribution is 0.198. The van der Waals surface area contributed by atoms with E-state index in [9.17, 15) is 0 Å². The molecular weight excluding hydrogens is 310 g/mol. The third-order valence-corrected chi connectivity index (χ3v) is 5.38. The normalized spacial score (nSPS) is 22.4. The number of aliphatic imine (C=N–C) groups is 1. The van der Waals surface area contributed by atoms with E-state index < -0.39 is 0 Å². The molecule has 1 atom stereocenters. The molecule has 2 aliphatic rings. The first kappa shape index (κ1) is 18.2. The second-order valence-electron chi connectivity index (χ2n) is 7.40. The molecule has 0 aliphatic carbocycles. The Morgan fingerprint density at radius 2 is 2.12 bits per heavy atom. The Labute approximate surface area is 152 Å². The lowest BCUT2D eigenvalue weighted by Crippen LogP contribution is -2.41. The summed E-state index contributed by atoms with van der Waals surface area (Å²) in [7, 11) is 0. The van der Waals surface area contributed by atoms with Crippen molar-refractivity contribution in [2.45, 2.75) is 46.1 Å².